The standard InChI is InChI=1S/C13H21N5/c1-16(2)12-4-13(15-9-14-12)18-7-10-5-17(3)6-11(10)8-18/h4,9-11H,5-8H2,1-3H3/t10-,11-/m0/s1. The Labute approximate surface area is 108 Å². The van der Waals surface area contributed by atoms with Crippen LogP contribution < -0.4 is 9.80 Å². The molecule has 5 nitrogen and oxygen atoms in total. The molecule has 0 spiro atoms. The third-order valence-corrected chi connectivity index (χ3v) is 4.09. The van der Waals surface area contributed by atoms with Gasteiger partial charge in [-0.25, -0.2) is 9.97 Å². The second kappa shape index (κ2) is 4.39. The van der Waals surface area contributed by atoms with Gasteiger partial charge >= 0.3 is 0 Å². The Morgan fingerprint density at radius 2 is 1.78 bits per heavy atom. The van der Waals surface area contributed by atoms with Gasteiger partial charge in [0.05, 0.1) is 0 Å². The van der Waals surface area contributed by atoms with Crippen molar-refractivity contribution < 1.29 is 0 Å². The van der Waals surface area contributed by atoms with E-state index in [9.17, 15) is 0 Å². The Balaban J connectivity index is 1.75. The third kappa shape index (κ3) is 2.03. The lowest BCUT2D eigenvalue weighted by molar-refractivity contribution is 0.387. The van der Waals surface area contributed by atoms with Crippen molar-refractivity contribution in [3.63, 3.8) is 0 Å². The Morgan fingerprint density at radius 3 is 2.39 bits per heavy atom. The zero-order valence-corrected chi connectivity index (χ0v) is 11.4. The summed E-state index contributed by atoms with van der Waals surface area (Å²) < 4.78 is 0. The van der Waals surface area contributed by atoms with Crippen LogP contribution in [-0.4, -0.2) is 62.2 Å². The molecule has 0 aromatic carbocycles. The van der Waals surface area contributed by atoms with Crippen LogP contribution in [0, 0.1) is 11.8 Å². The fourth-order valence-corrected chi connectivity index (χ4v) is 3.17. The Morgan fingerprint density at radius 1 is 1.11 bits per heavy atom. The van der Waals surface area contributed by atoms with Crippen LogP contribution in [0.1, 0.15) is 0 Å². The summed E-state index contributed by atoms with van der Waals surface area (Å²) in [7, 11) is 6.25. The van der Waals surface area contributed by atoms with E-state index < -0.39 is 0 Å². The Hall–Kier alpha value is -1.36. The molecule has 2 saturated heterocycles. The van der Waals surface area contributed by atoms with Crippen molar-refractivity contribution in [3.05, 3.63) is 12.4 Å². The van der Waals surface area contributed by atoms with Crippen LogP contribution in [0.2, 0.25) is 0 Å². The van der Waals surface area contributed by atoms with Crippen LogP contribution in [-0.2, 0) is 0 Å². The van der Waals surface area contributed by atoms with Crippen LogP contribution in [0.15, 0.2) is 12.4 Å². The van der Waals surface area contributed by atoms with E-state index in [-0.39, 0.29) is 0 Å². The number of anilines is 2. The summed E-state index contributed by atoms with van der Waals surface area (Å²) in [5.41, 5.74) is 0. The van der Waals surface area contributed by atoms with Crippen molar-refractivity contribution in [2.45, 2.75) is 0 Å². The predicted octanol–water partition coefficient (Wildman–Crippen LogP) is 0.540. The van der Waals surface area contributed by atoms with E-state index in [4.69, 9.17) is 0 Å². The molecule has 5 heteroatoms. The van der Waals surface area contributed by atoms with E-state index in [0.717, 1.165) is 36.6 Å². The van der Waals surface area contributed by atoms with Gasteiger partial charge in [-0.05, 0) is 18.9 Å². The number of nitrogens with zero attached hydrogens (tertiary/aromatic N) is 5. The van der Waals surface area contributed by atoms with Crippen LogP contribution in [0.4, 0.5) is 11.6 Å². The molecular formula is C13H21N5. The van der Waals surface area contributed by atoms with Gasteiger partial charge in [0.15, 0.2) is 0 Å². The molecule has 2 aliphatic heterocycles. The Bertz CT molecular complexity index is 419. The molecule has 3 rings (SSSR count). The predicted molar refractivity (Wildman–Crippen MR) is 73.0 cm³/mol. The monoisotopic (exact) mass is 247 g/mol. The summed E-state index contributed by atoms with van der Waals surface area (Å²) in [4.78, 5) is 15.6. The maximum Gasteiger partial charge on any atom is 0.134 e. The van der Waals surface area contributed by atoms with Crippen molar-refractivity contribution in [1.29, 1.82) is 0 Å². The SMILES string of the molecule is CN1C[C@H]2CN(c3cc(N(C)C)ncn3)C[C@@H]2C1. The molecule has 0 N–H and O–H groups in total. The molecule has 0 bridgehead atoms. The first-order valence-electron chi connectivity index (χ1n) is 6.56. The highest BCUT2D eigenvalue weighted by atomic mass is 15.3. The van der Waals surface area contributed by atoms with Crippen molar-refractivity contribution in [2.75, 3.05) is 57.1 Å². The smallest absolute Gasteiger partial charge is 0.134 e. The van der Waals surface area contributed by atoms with Gasteiger partial charge in [0.25, 0.3) is 0 Å². The van der Waals surface area contributed by atoms with E-state index in [1.54, 1.807) is 6.33 Å². The molecule has 98 valence electrons. The van der Waals surface area contributed by atoms with Gasteiger partial charge < -0.3 is 14.7 Å². The quantitative estimate of drug-likeness (QED) is 0.762. The third-order valence-electron chi connectivity index (χ3n) is 4.09. The molecule has 1 aromatic rings. The fourth-order valence-electron chi connectivity index (χ4n) is 3.17. The van der Waals surface area contributed by atoms with Crippen LogP contribution in [0.5, 0.6) is 0 Å². The number of fused-ring (bicyclic) bond motifs is 1. The van der Waals surface area contributed by atoms with Gasteiger partial charge in [-0.1, -0.05) is 0 Å². The molecule has 0 unspecified atom stereocenters. The largest absolute Gasteiger partial charge is 0.363 e. The maximum absolute atomic E-state index is 4.42. The molecule has 3 heterocycles. The highest BCUT2D eigenvalue weighted by Gasteiger charge is 2.39. The molecular weight excluding hydrogens is 226 g/mol. The van der Waals surface area contributed by atoms with Gasteiger partial charge in [0.2, 0.25) is 0 Å². The molecule has 2 fully saturated rings. The van der Waals surface area contributed by atoms with Gasteiger partial charge in [0, 0.05) is 46.3 Å². The Kier molecular flexibility index (Phi) is 2.86. The summed E-state index contributed by atoms with van der Waals surface area (Å²) in [6, 6.07) is 2.09. The summed E-state index contributed by atoms with van der Waals surface area (Å²) >= 11 is 0. The van der Waals surface area contributed by atoms with Crippen LogP contribution in [0.25, 0.3) is 0 Å². The summed E-state index contributed by atoms with van der Waals surface area (Å²) in [5.74, 6) is 3.68. The van der Waals surface area contributed by atoms with E-state index >= 15 is 0 Å². The van der Waals surface area contributed by atoms with Crippen molar-refractivity contribution >= 4 is 11.6 Å². The van der Waals surface area contributed by atoms with Gasteiger partial charge in [-0.3, -0.25) is 0 Å². The molecule has 2 atom stereocenters. The van der Waals surface area contributed by atoms with Crippen molar-refractivity contribution in [1.82, 2.24) is 14.9 Å². The van der Waals surface area contributed by atoms with E-state index in [2.05, 4.69) is 32.9 Å². The maximum atomic E-state index is 4.42. The first kappa shape index (κ1) is 11.7. The van der Waals surface area contributed by atoms with E-state index in [0.29, 0.717) is 0 Å². The lowest BCUT2D eigenvalue weighted by Gasteiger charge is -2.21. The number of likely N-dealkylation sites (tertiary alicyclic amines) is 1. The minimum Gasteiger partial charge on any atom is -0.363 e. The van der Waals surface area contributed by atoms with Crippen LogP contribution in [0.3, 0.4) is 0 Å². The second-order valence-corrected chi connectivity index (χ2v) is 5.78. The first-order chi connectivity index (χ1) is 8.63. The van der Waals surface area contributed by atoms with E-state index in [1.165, 1.54) is 13.1 Å². The highest BCUT2D eigenvalue weighted by molar-refractivity contribution is 5.50. The second-order valence-electron chi connectivity index (χ2n) is 5.78. The number of hydrogen-bond acceptors (Lipinski definition) is 5. The average molecular weight is 247 g/mol. The number of rotatable bonds is 2. The van der Waals surface area contributed by atoms with Crippen molar-refractivity contribution in [3.8, 4) is 0 Å². The zero-order valence-electron chi connectivity index (χ0n) is 11.4. The molecule has 2 aliphatic rings. The molecule has 0 saturated carbocycles. The molecule has 0 aliphatic carbocycles. The number of hydrogen-bond donors (Lipinski definition) is 0. The molecule has 0 radical (unpaired) electrons. The van der Waals surface area contributed by atoms with Gasteiger partial charge in [-0.15, -0.1) is 0 Å². The topological polar surface area (TPSA) is 35.5 Å². The summed E-state index contributed by atoms with van der Waals surface area (Å²) in [6.45, 7) is 4.73. The molecule has 18 heavy (non-hydrogen) atoms. The molecule has 1 aromatic heterocycles. The lowest BCUT2D eigenvalue weighted by Crippen LogP contribution is -2.27. The summed E-state index contributed by atoms with van der Waals surface area (Å²) in [5, 5.41) is 0. The zero-order chi connectivity index (χ0) is 12.7. The van der Waals surface area contributed by atoms with E-state index in [1.807, 2.05) is 19.0 Å². The highest BCUT2D eigenvalue weighted by Crippen LogP contribution is 2.32. The van der Waals surface area contributed by atoms with Gasteiger partial charge in [0.1, 0.15) is 18.0 Å². The van der Waals surface area contributed by atoms with Crippen molar-refractivity contribution in [2.24, 2.45) is 11.8 Å². The molecule has 0 amide bonds. The minimum absolute atomic E-state index is 0.813. The lowest BCUT2D eigenvalue weighted by atomic mass is 10.0. The minimum atomic E-state index is 0.813. The normalized spacial score (nSPS) is 27.6. The summed E-state index contributed by atoms with van der Waals surface area (Å²) in [6.07, 6.45) is 1.67. The van der Waals surface area contributed by atoms with Crippen LogP contribution >= 0.6 is 0 Å². The average Bonchev–Trinajstić information content (AvgIpc) is 2.86. The fraction of sp³-hybridized carbons (Fsp3) is 0.692. The first-order valence-corrected chi connectivity index (χ1v) is 6.56. The van der Waals surface area contributed by atoms with Gasteiger partial charge in [-0.2, -0.15) is 0 Å². The number of aromatic nitrogens is 2.